The molecule has 0 saturated heterocycles. The van der Waals surface area contributed by atoms with Crippen molar-refractivity contribution in [3.05, 3.63) is 75.4 Å². The lowest BCUT2D eigenvalue weighted by Crippen LogP contribution is -2.26. The molecule has 3 aromatic rings. The molecule has 0 unspecified atom stereocenters. The number of non-ortho nitro benzene ring substituents is 1. The Labute approximate surface area is 159 Å². The predicted octanol–water partition coefficient (Wildman–Crippen LogP) is 3.78. The third kappa shape index (κ3) is 3.97. The molecule has 0 atom stereocenters. The smallest absolute Gasteiger partial charge is 0.274 e. The Morgan fingerprint density at radius 2 is 2.04 bits per heavy atom. The summed E-state index contributed by atoms with van der Waals surface area (Å²) in [6, 6.07) is 14.5. The van der Waals surface area contributed by atoms with Crippen LogP contribution in [0.3, 0.4) is 0 Å². The summed E-state index contributed by atoms with van der Waals surface area (Å²) in [4.78, 5) is 28.0. The molecule has 8 nitrogen and oxygen atoms in total. The fraction of sp³-hybridized carbons (Fsp3) is 0.111. The molecule has 0 fully saturated rings. The maximum Gasteiger partial charge on any atom is 0.293 e. The highest BCUT2D eigenvalue weighted by molar-refractivity contribution is 6.33. The summed E-state index contributed by atoms with van der Waals surface area (Å²) in [5.41, 5.74) is 3.80. The molecule has 0 aliphatic heterocycles. The van der Waals surface area contributed by atoms with E-state index in [9.17, 15) is 14.9 Å². The number of nitrogens with one attached hydrogen (secondary N) is 1. The van der Waals surface area contributed by atoms with Crippen molar-refractivity contribution >= 4 is 23.2 Å². The van der Waals surface area contributed by atoms with E-state index in [4.69, 9.17) is 16.4 Å². The van der Waals surface area contributed by atoms with E-state index >= 15 is 0 Å². The van der Waals surface area contributed by atoms with E-state index in [0.717, 1.165) is 0 Å². The fourth-order valence-electron chi connectivity index (χ4n) is 2.47. The minimum atomic E-state index is -0.533. The molecule has 0 spiro atoms. The second-order valence-corrected chi connectivity index (χ2v) is 5.85. The van der Waals surface area contributed by atoms with Crippen LogP contribution in [0.5, 0.6) is 0 Å². The molecule has 0 bridgehead atoms. The molecule has 2 aromatic carbocycles. The van der Waals surface area contributed by atoms with E-state index in [2.05, 4.69) is 10.6 Å². The van der Waals surface area contributed by atoms with Crippen molar-refractivity contribution in [2.24, 2.45) is 0 Å². The molecule has 0 aliphatic carbocycles. The summed E-state index contributed by atoms with van der Waals surface area (Å²) in [7, 11) is 0. The number of aromatic nitrogens is 2. The quantitative estimate of drug-likeness (QED) is 0.513. The van der Waals surface area contributed by atoms with Crippen molar-refractivity contribution < 1.29 is 14.6 Å². The van der Waals surface area contributed by atoms with Gasteiger partial charge in [0.05, 0.1) is 27.9 Å². The SMILES string of the molecule is CCONC(=O)c1cc(-c2ccccc2Cl)nn1-c1cccc([N+](=O)[O-])c1. The highest BCUT2D eigenvalue weighted by Crippen LogP contribution is 2.28. The van der Waals surface area contributed by atoms with Crippen molar-refractivity contribution in [3.63, 3.8) is 0 Å². The van der Waals surface area contributed by atoms with Crippen LogP contribution in [0, 0.1) is 10.1 Å². The lowest BCUT2D eigenvalue weighted by molar-refractivity contribution is -0.384. The number of rotatable bonds is 6. The minimum absolute atomic E-state index is 0.113. The van der Waals surface area contributed by atoms with Gasteiger partial charge in [-0.05, 0) is 25.1 Å². The van der Waals surface area contributed by atoms with Crippen molar-refractivity contribution in [1.29, 1.82) is 0 Å². The van der Waals surface area contributed by atoms with Crippen LogP contribution in [0.2, 0.25) is 5.02 Å². The van der Waals surface area contributed by atoms with E-state index < -0.39 is 10.8 Å². The molecule has 0 radical (unpaired) electrons. The van der Waals surface area contributed by atoms with Gasteiger partial charge in [0.15, 0.2) is 0 Å². The molecular weight excluding hydrogens is 372 g/mol. The van der Waals surface area contributed by atoms with Crippen molar-refractivity contribution in [3.8, 4) is 16.9 Å². The Hall–Kier alpha value is -3.23. The van der Waals surface area contributed by atoms with Gasteiger partial charge in [-0.2, -0.15) is 5.10 Å². The largest absolute Gasteiger partial charge is 0.293 e. The Kier molecular flexibility index (Phi) is 5.49. The zero-order valence-corrected chi connectivity index (χ0v) is 15.0. The Bertz CT molecular complexity index is 1000. The number of nitrogens with zero attached hydrogens (tertiary/aromatic N) is 3. The monoisotopic (exact) mass is 386 g/mol. The molecular formula is C18H15ClN4O4. The number of hydroxylamine groups is 1. The molecule has 0 saturated carbocycles. The Morgan fingerprint density at radius 1 is 1.26 bits per heavy atom. The van der Waals surface area contributed by atoms with Gasteiger partial charge in [-0.25, -0.2) is 10.2 Å². The number of hydrogen-bond acceptors (Lipinski definition) is 5. The van der Waals surface area contributed by atoms with Crippen LogP contribution >= 0.6 is 11.6 Å². The van der Waals surface area contributed by atoms with Crippen molar-refractivity contribution in [2.75, 3.05) is 6.61 Å². The summed E-state index contributed by atoms with van der Waals surface area (Å²) in [6.07, 6.45) is 0. The van der Waals surface area contributed by atoms with Crippen molar-refractivity contribution in [1.82, 2.24) is 15.3 Å². The van der Waals surface area contributed by atoms with E-state index in [1.165, 1.54) is 22.9 Å². The van der Waals surface area contributed by atoms with Crippen LogP contribution in [-0.2, 0) is 4.84 Å². The zero-order valence-electron chi connectivity index (χ0n) is 14.3. The number of nitro benzene ring substituents is 1. The Balaban J connectivity index is 2.13. The number of carbonyl (C=O) groups is 1. The Morgan fingerprint density at radius 3 is 2.74 bits per heavy atom. The zero-order chi connectivity index (χ0) is 19.4. The van der Waals surface area contributed by atoms with E-state index in [1.54, 1.807) is 43.3 Å². The number of halogens is 1. The summed E-state index contributed by atoms with van der Waals surface area (Å²) in [5.74, 6) is -0.533. The fourth-order valence-corrected chi connectivity index (χ4v) is 2.70. The number of nitro groups is 1. The van der Waals surface area contributed by atoms with Crippen LogP contribution < -0.4 is 5.48 Å². The average Bonchev–Trinajstić information content (AvgIpc) is 3.12. The molecule has 1 aromatic heterocycles. The average molecular weight is 387 g/mol. The number of hydrogen-bond donors (Lipinski definition) is 1. The molecule has 138 valence electrons. The van der Waals surface area contributed by atoms with Gasteiger partial charge < -0.3 is 0 Å². The molecule has 27 heavy (non-hydrogen) atoms. The van der Waals surface area contributed by atoms with Gasteiger partial charge in [-0.3, -0.25) is 19.7 Å². The first kappa shape index (κ1) is 18.6. The first-order chi connectivity index (χ1) is 13.0. The first-order valence-electron chi connectivity index (χ1n) is 8.03. The van der Waals surface area contributed by atoms with Gasteiger partial charge >= 0.3 is 0 Å². The minimum Gasteiger partial charge on any atom is -0.274 e. The van der Waals surface area contributed by atoms with Crippen LogP contribution in [0.25, 0.3) is 16.9 Å². The summed E-state index contributed by atoms with van der Waals surface area (Å²) < 4.78 is 1.32. The lowest BCUT2D eigenvalue weighted by Gasteiger charge is -2.07. The topological polar surface area (TPSA) is 99.3 Å². The van der Waals surface area contributed by atoms with Gasteiger partial charge in [-0.1, -0.05) is 35.9 Å². The predicted molar refractivity (Wildman–Crippen MR) is 99.8 cm³/mol. The van der Waals surface area contributed by atoms with E-state index in [-0.39, 0.29) is 18.0 Å². The lowest BCUT2D eigenvalue weighted by atomic mass is 10.1. The highest BCUT2D eigenvalue weighted by Gasteiger charge is 2.20. The van der Waals surface area contributed by atoms with Gasteiger partial charge in [0.2, 0.25) is 0 Å². The standard InChI is InChI=1S/C18H15ClN4O4/c1-2-27-21-18(24)17-11-16(14-8-3-4-9-15(14)19)20-22(17)12-6-5-7-13(10-12)23(25)26/h3-11H,2H2,1H3,(H,21,24). The van der Waals surface area contributed by atoms with E-state index in [1.807, 2.05) is 0 Å². The van der Waals surface area contributed by atoms with Gasteiger partial charge in [0.25, 0.3) is 11.6 Å². The summed E-state index contributed by atoms with van der Waals surface area (Å²) in [6.45, 7) is 2.02. The van der Waals surface area contributed by atoms with E-state index in [0.29, 0.717) is 22.0 Å². The second-order valence-electron chi connectivity index (χ2n) is 5.45. The molecule has 9 heteroatoms. The third-order valence-electron chi connectivity index (χ3n) is 3.69. The van der Waals surface area contributed by atoms with Gasteiger partial charge in [0, 0.05) is 17.7 Å². The second kappa shape index (κ2) is 7.98. The van der Waals surface area contributed by atoms with Gasteiger partial charge in [-0.15, -0.1) is 0 Å². The van der Waals surface area contributed by atoms with Crippen LogP contribution in [0.1, 0.15) is 17.4 Å². The number of carbonyl (C=O) groups excluding carboxylic acids is 1. The van der Waals surface area contributed by atoms with Crippen molar-refractivity contribution in [2.45, 2.75) is 6.92 Å². The number of amides is 1. The molecule has 0 aliphatic rings. The molecule has 1 amide bonds. The highest BCUT2D eigenvalue weighted by atomic mass is 35.5. The first-order valence-corrected chi connectivity index (χ1v) is 8.41. The normalized spacial score (nSPS) is 10.6. The summed E-state index contributed by atoms with van der Waals surface area (Å²) >= 11 is 6.23. The molecule has 1 heterocycles. The molecule has 1 N–H and O–H groups in total. The van der Waals surface area contributed by atoms with Gasteiger partial charge in [0.1, 0.15) is 5.69 Å². The van der Waals surface area contributed by atoms with Crippen LogP contribution in [0.4, 0.5) is 5.69 Å². The summed E-state index contributed by atoms with van der Waals surface area (Å²) in [5, 5.41) is 16.0. The molecule has 3 rings (SSSR count). The van der Waals surface area contributed by atoms with Crippen LogP contribution in [0.15, 0.2) is 54.6 Å². The maximum absolute atomic E-state index is 12.5. The van der Waals surface area contributed by atoms with Crippen LogP contribution in [-0.4, -0.2) is 27.2 Å². The maximum atomic E-state index is 12.5. The third-order valence-corrected chi connectivity index (χ3v) is 4.02. The number of benzene rings is 2.